The lowest BCUT2D eigenvalue weighted by atomic mass is 10.2. The van der Waals surface area contributed by atoms with Crippen molar-refractivity contribution in [2.75, 3.05) is 39.4 Å². The maximum absolute atomic E-state index is 13.7. The molecular formula is C14H18FN3O4. The van der Waals surface area contributed by atoms with Crippen LogP contribution in [-0.4, -0.2) is 55.1 Å². The number of hydrogen-bond donors (Lipinski definition) is 1. The Labute approximate surface area is 127 Å². The standard InChI is InChI=1S/C14H18FN3O4/c15-13-10-11(18(20)21)2-3-12(13)14(19)16-4-1-5-17-6-8-22-9-7-17/h2-3,10H,1,4-9H2,(H,16,19). The number of ether oxygens (including phenoxy) is 1. The minimum atomic E-state index is -0.889. The maximum Gasteiger partial charge on any atom is 0.272 e. The largest absolute Gasteiger partial charge is 0.379 e. The number of nitrogens with one attached hydrogen (secondary N) is 1. The predicted octanol–water partition coefficient (Wildman–Crippen LogP) is 1.19. The summed E-state index contributed by atoms with van der Waals surface area (Å²) in [5, 5.41) is 13.1. The molecule has 0 aliphatic carbocycles. The Hall–Kier alpha value is -2.06. The van der Waals surface area contributed by atoms with E-state index in [0.29, 0.717) is 6.54 Å². The zero-order chi connectivity index (χ0) is 15.9. The van der Waals surface area contributed by atoms with Crippen LogP contribution in [0.25, 0.3) is 0 Å². The van der Waals surface area contributed by atoms with Gasteiger partial charge >= 0.3 is 0 Å². The van der Waals surface area contributed by atoms with Gasteiger partial charge in [0.2, 0.25) is 0 Å². The van der Waals surface area contributed by atoms with Crippen molar-refractivity contribution in [1.82, 2.24) is 10.2 Å². The Balaban J connectivity index is 1.78. The van der Waals surface area contributed by atoms with Gasteiger partial charge in [-0.25, -0.2) is 4.39 Å². The number of nitro groups is 1. The number of hydrogen-bond acceptors (Lipinski definition) is 5. The van der Waals surface area contributed by atoms with Crippen molar-refractivity contribution in [1.29, 1.82) is 0 Å². The van der Waals surface area contributed by atoms with E-state index in [1.54, 1.807) is 0 Å². The van der Waals surface area contributed by atoms with Crippen LogP contribution in [0.1, 0.15) is 16.8 Å². The van der Waals surface area contributed by atoms with Gasteiger partial charge < -0.3 is 10.1 Å². The van der Waals surface area contributed by atoms with Crippen LogP contribution in [-0.2, 0) is 4.74 Å². The molecule has 1 amide bonds. The SMILES string of the molecule is O=C(NCCCN1CCOCC1)c1ccc([N+](=O)[O-])cc1F. The number of carbonyl (C=O) groups is 1. The van der Waals surface area contributed by atoms with E-state index in [1.807, 2.05) is 0 Å². The molecule has 1 N–H and O–H groups in total. The quantitative estimate of drug-likeness (QED) is 0.484. The molecule has 1 heterocycles. The third kappa shape index (κ3) is 4.47. The lowest BCUT2D eigenvalue weighted by Crippen LogP contribution is -2.38. The van der Waals surface area contributed by atoms with Gasteiger partial charge in [-0.05, 0) is 19.0 Å². The van der Waals surface area contributed by atoms with Crippen molar-refractivity contribution in [2.24, 2.45) is 0 Å². The number of nitrogens with zero attached hydrogens (tertiary/aromatic N) is 2. The molecule has 1 aliphatic rings. The molecule has 1 aromatic rings. The van der Waals surface area contributed by atoms with E-state index in [-0.39, 0.29) is 11.3 Å². The van der Waals surface area contributed by atoms with Crippen LogP contribution in [0.4, 0.5) is 10.1 Å². The fourth-order valence-corrected chi connectivity index (χ4v) is 2.23. The molecule has 1 aliphatic heterocycles. The van der Waals surface area contributed by atoms with Gasteiger partial charge in [-0.3, -0.25) is 19.8 Å². The van der Waals surface area contributed by atoms with Gasteiger partial charge in [0.1, 0.15) is 5.82 Å². The number of halogens is 1. The van der Waals surface area contributed by atoms with Crippen molar-refractivity contribution in [3.63, 3.8) is 0 Å². The summed E-state index contributed by atoms with van der Waals surface area (Å²) in [6, 6.07) is 3.00. The number of morpholine rings is 1. The number of amides is 1. The highest BCUT2D eigenvalue weighted by Gasteiger charge is 2.16. The predicted molar refractivity (Wildman–Crippen MR) is 77.3 cm³/mol. The molecule has 0 bridgehead atoms. The Morgan fingerprint density at radius 3 is 2.77 bits per heavy atom. The van der Waals surface area contributed by atoms with Crippen LogP contribution >= 0.6 is 0 Å². The van der Waals surface area contributed by atoms with Gasteiger partial charge in [-0.1, -0.05) is 0 Å². The fourth-order valence-electron chi connectivity index (χ4n) is 2.23. The second kappa shape index (κ2) is 7.81. The second-order valence-electron chi connectivity index (χ2n) is 4.98. The van der Waals surface area contributed by atoms with E-state index < -0.39 is 16.6 Å². The minimum Gasteiger partial charge on any atom is -0.379 e. The Bertz CT molecular complexity index is 547. The molecule has 8 heteroatoms. The summed E-state index contributed by atoms with van der Waals surface area (Å²) in [4.78, 5) is 23.9. The summed E-state index contributed by atoms with van der Waals surface area (Å²) in [7, 11) is 0. The average molecular weight is 311 g/mol. The van der Waals surface area contributed by atoms with Crippen molar-refractivity contribution < 1.29 is 18.8 Å². The smallest absolute Gasteiger partial charge is 0.272 e. The molecule has 2 rings (SSSR count). The van der Waals surface area contributed by atoms with E-state index in [1.165, 1.54) is 0 Å². The van der Waals surface area contributed by atoms with Crippen LogP contribution in [0.3, 0.4) is 0 Å². The van der Waals surface area contributed by atoms with Gasteiger partial charge in [0.25, 0.3) is 11.6 Å². The molecule has 1 fully saturated rings. The van der Waals surface area contributed by atoms with Gasteiger partial charge in [0, 0.05) is 25.7 Å². The third-order valence-corrected chi connectivity index (χ3v) is 3.45. The topological polar surface area (TPSA) is 84.7 Å². The lowest BCUT2D eigenvalue weighted by molar-refractivity contribution is -0.385. The fraction of sp³-hybridized carbons (Fsp3) is 0.500. The first-order valence-corrected chi connectivity index (χ1v) is 7.10. The molecule has 0 radical (unpaired) electrons. The van der Waals surface area contributed by atoms with Crippen molar-refractivity contribution in [2.45, 2.75) is 6.42 Å². The Morgan fingerprint density at radius 2 is 2.14 bits per heavy atom. The molecule has 1 aromatic carbocycles. The summed E-state index contributed by atoms with van der Waals surface area (Å²) in [6.07, 6.45) is 0.750. The monoisotopic (exact) mass is 311 g/mol. The van der Waals surface area contributed by atoms with E-state index in [4.69, 9.17) is 4.74 Å². The highest BCUT2D eigenvalue weighted by atomic mass is 19.1. The summed E-state index contributed by atoms with van der Waals surface area (Å²) in [5.74, 6) is -1.45. The molecule has 22 heavy (non-hydrogen) atoms. The van der Waals surface area contributed by atoms with Crippen molar-refractivity contribution in [3.05, 3.63) is 39.7 Å². The minimum absolute atomic E-state index is 0.183. The second-order valence-corrected chi connectivity index (χ2v) is 4.98. The van der Waals surface area contributed by atoms with Crippen molar-refractivity contribution >= 4 is 11.6 Å². The molecule has 0 spiro atoms. The number of rotatable bonds is 6. The van der Waals surface area contributed by atoms with E-state index >= 15 is 0 Å². The average Bonchev–Trinajstić information content (AvgIpc) is 2.52. The van der Waals surface area contributed by atoms with E-state index in [2.05, 4.69) is 10.2 Å². The lowest BCUT2D eigenvalue weighted by Gasteiger charge is -2.26. The first-order chi connectivity index (χ1) is 10.6. The molecule has 0 unspecified atom stereocenters. The van der Waals surface area contributed by atoms with Crippen LogP contribution in [0.5, 0.6) is 0 Å². The number of non-ortho nitro benzene ring substituents is 1. The molecule has 120 valence electrons. The Morgan fingerprint density at radius 1 is 1.41 bits per heavy atom. The molecule has 1 saturated heterocycles. The van der Waals surface area contributed by atoms with Crippen LogP contribution < -0.4 is 5.32 Å². The number of benzene rings is 1. The number of nitro benzene ring substituents is 1. The zero-order valence-corrected chi connectivity index (χ0v) is 12.1. The maximum atomic E-state index is 13.7. The van der Waals surface area contributed by atoms with E-state index in [0.717, 1.165) is 57.5 Å². The van der Waals surface area contributed by atoms with Gasteiger partial charge in [0.05, 0.1) is 29.8 Å². The van der Waals surface area contributed by atoms with Crippen LogP contribution in [0, 0.1) is 15.9 Å². The summed E-state index contributed by atoms with van der Waals surface area (Å²) >= 11 is 0. The summed E-state index contributed by atoms with van der Waals surface area (Å²) < 4.78 is 18.9. The van der Waals surface area contributed by atoms with Crippen LogP contribution in [0.15, 0.2) is 18.2 Å². The first-order valence-electron chi connectivity index (χ1n) is 7.10. The number of carbonyl (C=O) groups excluding carboxylic acids is 1. The first kappa shape index (κ1) is 16.3. The molecular weight excluding hydrogens is 293 g/mol. The van der Waals surface area contributed by atoms with Gasteiger partial charge in [0.15, 0.2) is 0 Å². The highest BCUT2D eigenvalue weighted by molar-refractivity contribution is 5.94. The molecule has 0 atom stereocenters. The normalized spacial score (nSPS) is 15.5. The van der Waals surface area contributed by atoms with Crippen LogP contribution in [0.2, 0.25) is 0 Å². The highest BCUT2D eigenvalue weighted by Crippen LogP contribution is 2.16. The summed E-state index contributed by atoms with van der Waals surface area (Å²) in [5.41, 5.74) is -0.557. The molecule has 0 aromatic heterocycles. The van der Waals surface area contributed by atoms with E-state index in [9.17, 15) is 19.3 Å². The zero-order valence-electron chi connectivity index (χ0n) is 12.1. The van der Waals surface area contributed by atoms with Gasteiger partial charge in [-0.2, -0.15) is 0 Å². The Kier molecular flexibility index (Phi) is 5.79. The molecule has 0 saturated carbocycles. The van der Waals surface area contributed by atoms with Crippen molar-refractivity contribution in [3.8, 4) is 0 Å². The molecule has 7 nitrogen and oxygen atoms in total. The third-order valence-electron chi connectivity index (χ3n) is 3.45. The van der Waals surface area contributed by atoms with Gasteiger partial charge in [-0.15, -0.1) is 0 Å². The summed E-state index contributed by atoms with van der Waals surface area (Å²) in [6.45, 7) is 4.47.